The Kier molecular flexibility index (Phi) is 1.06. The molecule has 2 nitrogen and oxygen atoms in total. The molecule has 0 radical (unpaired) electrons. The number of nitrogens with zero attached hydrogens (tertiary/aromatic N) is 2. The van der Waals surface area contributed by atoms with Crippen LogP contribution < -0.4 is 0 Å². The second-order valence-corrected chi connectivity index (χ2v) is 1.17. The fraction of sp³-hybridized carbons (Fsp3) is 0.250. The zero-order valence-electron chi connectivity index (χ0n) is 3.71. The molecular weight excluding hydrogens is 95.1 g/mol. The van der Waals surface area contributed by atoms with Crippen molar-refractivity contribution >= 4 is 0 Å². The predicted octanol–water partition coefficient (Wildman–Crippen LogP) is 0.810. The van der Waals surface area contributed by atoms with Gasteiger partial charge in [0.05, 0.1) is 0 Å². The molecule has 3 heteroatoms. The van der Waals surface area contributed by atoms with Gasteiger partial charge in [0.15, 0.2) is 6.80 Å². The maximum absolute atomic E-state index is 11.5. The maximum Gasteiger partial charge on any atom is 0.181 e. The number of rotatable bonds is 1. The normalized spacial score (nSPS) is 9.29. The molecule has 1 aromatic heterocycles. The summed E-state index contributed by atoms with van der Waals surface area (Å²) in [7, 11) is 0. The zero-order valence-corrected chi connectivity index (χ0v) is 3.71. The van der Waals surface area contributed by atoms with E-state index >= 15 is 0 Å². The molecule has 1 aromatic rings. The van der Waals surface area contributed by atoms with Gasteiger partial charge in [-0.05, 0) is 6.07 Å². The Morgan fingerprint density at radius 2 is 2.57 bits per heavy atom. The van der Waals surface area contributed by atoms with Crippen LogP contribution in [-0.2, 0) is 6.80 Å². The van der Waals surface area contributed by atoms with Gasteiger partial charge in [-0.25, -0.2) is 9.07 Å². The summed E-state index contributed by atoms with van der Waals surface area (Å²) < 4.78 is 12.7. The van der Waals surface area contributed by atoms with Crippen LogP contribution >= 0.6 is 0 Å². The number of aromatic nitrogens is 2. The Morgan fingerprint density at radius 1 is 1.71 bits per heavy atom. The topological polar surface area (TPSA) is 17.8 Å². The molecule has 0 saturated heterocycles. The van der Waals surface area contributed by atoms with E-state index in [0.717, 1.165) is 0 Å². The molecular formula is C4H5FN2. The SMILES string of the molecule is FCn1cccn1. The first-order chi connectivity index (χ1) is 3.43. The van der Waals surface area contributed by atoms with Crippen molar-refractivity contribution in [1.82, 2.24) is 9.78 Å². The van der Waals surface area contributed by atoms with Gasteiger partial charge >= 0.3 is 0 Å². The van der Waals surface area contributed by atoms with Gasteiger partial charge in [0.25, 0.3) is 0 Å². The second-order valence-electron chi connectivity index (χ2n) is 1.17. The monoisotopic (exact) mass is 100 g/mol. The Morgan fingerprint density at radius 3 is 2.86 bits per heavy atom. The first kappa shape index (κ1) is 4.30. The largest absolute Gasteiger partial charge is 0.242 e. The van der Waals surface area contributed by atoms with E-state index in [0.29, 0.717) is 0 Å². The lowest BCUT2D eigenvalue weighted by atomic mass is 10.8. The van der Waals surface area contributed by atoms with Crippen LogP contribution in [0.4, 0.5) is 4.39 Å². The molecule has 1 heterocycles. The first-order valence-corrected chi connectivity index (χ1v) is 1.97. The Hall–Kier alpha value is -0.860. The Balaban J connectivity index is 2.76. The van der Waals surface area contributed by atoms with Crippen LogP contribution in [-0.4, -0.2) is 9.78 Å². The van der Waals surface area contributed by atoms with Crippen molar-refractivity contribution in [2.24, 2.45) is 0 Å². The highest BCUT2D eigenvalue weighted by Gasteiger charge is 1.80. The molecule has 38 valence electrons. The Bertz CT molecular complexity index is 124. The molecule has 0 aliphatic heterocycles. The van der Waals surface area contributed by atoms with Gasteiger partial charge in [0.1, 0.15) is 0 Å². The quantitative estimate of drug-likeness (QED) is 0.510. The van der Waals surface area contributed by atoms with Gasteiger partial charge in [-0.1, -0.05) is 0 Å². The average Bonchev–Trinajstić information content (AvgIpc) is 2.14. The highest BCUT2D eigenvalue weighted by Crippen LogP contribution is 1.81. The highest BCUT2D eigenvalue weighted by molar-refractivity contribution is 4.76. The molecule has 0 bridgehead atoms. The summed E-state index contributed by atoms with van der Waals surface area (Å²) in [5.41, 5.74) is 0. The fourth-order valence-electron chi connectivity index (χ4n) is 0.371. The zero-order chi connectivity index (χ0) is 5.11. The van der Waals surface area contributed by atoms with Gasteiger partial charge in [-0.15, -0.1) is 0 Å². The lowest BCUT2D eigenvalue weighted by molar-refractivity contribution is 0.350. The third-order valence-corrected chi connectivity index (χ3v) is 0.682. The Labute approximate surface area is 40.6 Å². The van der Waals surface area contributed by atoms with Gasteiger partial charge in [0.2, 0.25) is 0 Å². The van der Waals surface area contributed by atoms with E-state index in [9.17, 15) is 4.39 Å². The van der Waals surface area contributed by atoms with Crippen molar-refractivity contribution in [3.8, 4) is 0 Å². The molecule has 0 saturated carbocycles. The van der Waals surface area contributed by atoms with Crippen molar-refractivity contribution in [3.05, 3.63) is 18.5 Å². The summed E-state index contributed by atoms with van der Waals surface area (Å²) in [6.45, 7) is -0.535. The average molecular weight is 100 g/mol. The van der Waals surface area contributed by atoms with E-state index < -0.39 is 6.80 Å². The number of halogens is 1. The van der Waals surface area contributed by atoms with Crippen molar-refractivity contribution < 1.29 is 4.39 Å². The second kappa shape index (κ2) is 1.73. The molecule has 0 aromatic carbocycles. The third-order valence-electron chi connectivity index (χ3n) is 0.682. The van der Waals surface area contributed by atoms with Crippen molar-refractivity contribution in [2.75, 3.05) is 0 Å². The van der Waals surface area contributed by atoms with Crippen molar-refractivity contribution in [1.29, 1.82) is 0 Å². The number of hydrogen-bond donors (Lipinski definition) is 0. The van der Waals surface area contributed by atoms with Crippen LogP contribution in [0.5, 0.6) is 0 Å². The molecule has 0 amide bonds. The van der Waals surface area contributed by atoms with Crippen LogP contribution in [0.25, 0.3) is 0 Å². The predicted molar refractivity (Wildman–Crippen MR) is 23.3 cm³/mol. The van der Waals surface area contributed by atoms with Crippen molar-refractivity contribution in [3.63, 3.8) is 0 Å². The van der Waals surface area contributed by atoms with Crippen LogP contribution in [0.15, 0.2) is 18.5 Å². The minimum Gasteiger partial charge on any atom is -0.242 e. The van der Waals surface area contributed by atoms with E-state index in [4.69, 9.17) is 0 Å². The minimum absolute atomic E-state index is 0.535. The molecule has 0 fully saturated rings. The standard InChI is InChI=1S/C4H5FN2/c5-4-7-3-1-2-6-7/h1-3H,4H2. The molecule has 0 atom stereocenters. The third kappa shape index (κ3) is 0.765. The maximum atomic E-state index is 11.5. The van der Waals surface area contributed by atoms with Gasteiger partial charge in [-0.2, -0.15) is 5.10 Å². The van der Waals surface area contributed by atoms with Gasteiger partial charge < -0.3 is 0 Å². The fourth-order valence-corrected chi connectivity index (χ4v) is 0.371. The van der Waals surface area contributed by atoms with Crippen molar-refractivity contribution in [2.45, 2.75) is 6.80 Å². The van der Waals surface area contributed by atoms with Crippen LogP contribution in [0.1, 0.15) is 0 Å². The minimum atomic E-state index is -0.535. The van der Waals surface area contributed by atoms with Gasteiger partial charge in [0, 0.05) is 12.4 Å². The lowest BCUT2D eigenvalue weighted by Crippen LogP contribution is -1.90. The molecule has 0 N–H and O–H groups in total. The van der Waals surface area contributed by atoms with Crippen LogP contribution in [0, 0.1) is 0 Å². The van der Waals surface area contributed by atoms with E-state index in [-0.39, 0.29) is 0 Å². The van der Waals surface area contributed by atoms with E-state index in [1.165, 1.54) is 4.68 Å². The smallest absolute Gasteiger partial charge is 0.181 e. The molecule has 7 heavy (non-hydrogen) atoms. The molecule has 0 spiro atoms. The number of alkyl halides is 1. The van der Waals surface area contributed by atoms with Crippen LogP contribution in [0.2, 0.25) is 0 Å². The highest BCUT2D eigenvalue weighted by atomic mass is 19.1. The summed E-state index contributed by atoms with van der Waals surface area (Å²) in [6.07, 6.45) is 3.11. The summed E-state index contributed by atoms with van der Waals surface area (Å²) >= 11 is 0. The molecule has 1 rings (SSSR count). The van der Waals surface area contributed by atoms with E-state index in [1.807, 2.05) is 0 Å². The lowest BCUT2D eigenvalue weighted by Gasteiger charge is -1.84. The number of hydrogen-bond acceptors (Lipinski definition) is 1. The summed E-state index contributed by atoms with van der Waals surface area (Å²) in [4.78, 5) is 0. The molecule has 0 aliphatic carbocycles. The van der Waals surface area contributed by atoms with E-state index in [2.05, 4.69) is 5.10 Å². The first-order valence-electron chi connectivity index (χ1n) is 1.97. The molecule has 0 unspecified atom stereocenters. The molecule has 0 aliphatic rings. The van der Waals surface area contributed by atoms with Gasteiger partial charge in [-0.3, -0.25) is 0 Å². The summed E-state index contributed by atoms with van der Waals surface area (Å²) in [5, 5.41) is 3.58. The summed E-state index contributed by atoms with van der Waals surface area (Å²) in [6, 6.07) is 1.68. The van der Waals surface area contributed by atoms with E-state index in [1.54, 1.807) is 18.5 Å². The summed E-state index contributed by atoms with van der Waals surface area (Å²) in [5.74, 6) is 0. The van der Waals surface area contributed by atoms with Crippen LogP contribution in [0.3, 0.4) is 0 Å².